The molecule has 1 rings (SSSR count). The molecule has 2 atom stereocenters. The van der Waals surface area contributed by atoms with Crippen molar-refractivity contribution in [1.82, 2.24) is 5.32 Å². The molecule has 0 aromatic heterocycles. The number of hydrogen-bond acceptors (Lipinski definition) is 2. The van der Waals surface area contributed by atoms with E-state index in [-0.39, 0.29) is 24.4 Å². The van der Waals surface area contributed by atoms with Crippen molar-refractivity contribution in [1.29, 1.82) is 0 Å². The molecule has 1 aromatic rings. The minimum absolute atomic E-state index is 0.0387. The Balaban J connectivity index is 2.45. The molecule has 23 heavy (non-hydrogen) atoms. The highest BCUT2D eigenvalue weighted by molar-refractivity contribution is 5.91. The summed E-state index contributed by atoms with van der Waals surface area (Å²) in [5, 5.41) is 5.71. The van der Waals surface area contributed by atoms with Crippen LogP contribution >= 0.6 is 0 Å². The van der Waals surface area contributed by atoms with Gasteiger partial charge >= 0.3 is 0 Å². The summed E-state index contributed by atoms with van der Waals surface area (Å²) in [6.07, 6.45) is 1.10. The van der Waals surface area contributed by atoms with Gasteiger partial charge in [-0.25, -0.2) is 0 Å². The van der Waals surface area contributed by atoms with Crippen LogP contribution in [0, 0.1) is 0 Å². The Morgan fingerprint density at radius 3 is 2.13 bits per heavy atom. The van der Waals surface area contributed by atoms with Gasteiger partial charge in [0.25, 0.3) is 11.8 Å². The Morgan fingerprint density at radius 2 is 1.61 bits per heavy atom. The van der Waals surface area contributed by atoms with E-state index in [4.69, 9.17) is 0 Å². The molecule has 128 valence electrons. The van der Waals surface area contributed by atoms with E-state index in [1.165, 1.54) is 5.56 Å². The predicted molar refractivity (Wildman–Crippen MR) is 93.7 cm³/mol. The number of likely N-dealkylation sites (N-methyl/N-ethyl adjacent to an activating group) is 1. The van der Waals surface area contributed by atoms with E-state index in [0.29, 0.717) is 12.5 Å². The number of amides is 2. The molecule has 2 amide bonds. The van der Waals surface area contributed by atoms with Gasteiger partial charge < -0.3 is 15.5 Å². The number of nitrogens with one attached hydrogen (secondary N) is 3. The Bertz CT molecular complexity index is 512. The summed E-state index contributed by atoms with van der Waals surface area (Å²) < 4.78 is 0. The first-order chi connectivity index (χ1) is 10.8. The summed E-state index contributed by atoms with van der Waals surface area (Å²) in [4.78, 5) is 24.6. The van der Waals surface area contributed by atoms with Crippen LogP contribution in [0.5, 0.6) is 0 Å². The maximum atomic E-state index is 12.0. The van der Waals surface area contributed by atoms with Crippen molar-refractivity contribution < 1.29 is 14.5 Å². The molecule has 0 aliphatic heterocycles. The number of benzene rings is 1. The van der Waals surface area contributed by atoms with Crippen LogP contribution < -0.4 is 15.5 Å². The molecule has 0 heterocycles. The Kier molecular flexibility index (Phi) is 7.75. The summed E-state index contributed by atoms with van der Waals surface area (Å²) in [6.45, 7) is 8.74. The van der Waals surface area contributed by atoms with Crippen LogP contribution in [0.2, 0.25) is 0 Å². The molecule has 0 bridgehead atoms. The number of rotatable bonds is 8. The zero-order valence-corrected chi connectivity index (χ0v) is 14.9. The third-order valence-corrected chi connectivity index (χ3v) is 3.75. The van der Waals surface area contributed by atoms with Gasteiger partial charge in [0.2, 0.25) is 0 Å². The van der Waals surface area contributed by atoms with E-state index in [2.05, 4.69) is 36.6 Å². The third-order valence-electron chi connectivity index (χ3n) is 3.75. The summed E-state index contributed by atoms with van der Waals surface area (Å²) in [6, 6.07) is 8.08. The van der Waals surface area contributed by atoms with Crippen molar-refractivity contribution in [3.63, 3.8) is 0 Å². The minimum atomic E-state index is -0.0869. The molecule has 0 aliphatic carbocycles. The van der Waals surface area contributed by atoms with E-state index >= 15 is 0 Å². The normalized spacial score (nSPS) is 13.5. The molecular formula is C18H30N3O2+. The molecule has 0 spiro atoms. The van der Waals surface area contributed by atoms with Gasteiger partial charge in [-0.15, -0.1) is 0 Å². The highest BCUT2D eigenvalue weighted by Crippen LogP contribution is 2.20. The number of carbonyl (C=O) groups excluding carboxylic acids is 2. The van der Waals surface area contributed by atoms with Gasteiger partial charge in [-0.1, -0.05) is 26.0 Å². The molecule has 1 unspecified atom stereocenters. The number of anilines is 1. The maximum absolute atomic E-state index is 12.0. The molecule has 0 fully saturated rings. The first kappa shape index (κ1) is 19.2. The number of quaternary nitrogens is 1. The molecule has 0 aliphatic rings. The van der Waals surface area contributed by atoms with Crippen molar-refractivity contribution in [3.8, 4) is 0 Å². The van der Waals surface area contributed by atoms with E-state index in [1.54, 1.807) is 0 Å². The van der Waals surface area contributed by atoms with E-state index in [1.807, 2.05) is 33.0 Å². The van der Waals surface area contributed by atoms with Gasteiger partial charge in [0.1, 0.15) is 0 Å². The summed E-state index contributed by atoms with van der Waals surface area (Å²) in [5.41, 5.74) is 2.07. The Hall–Kier alpha value is -1.88. The molecule has 3 N–H and O–H groups in total. The molecule has 1 aromatic carbocycles. The molecule has 0 saturated carbocycles. The van der Waals surface area contributed by atoms with Crippen LogP contribution in [0.15, 0.2) is 24.3 Å². The Labute approximate surface area is 139 Å². The van der Waals surface area contributed by atoms with E-state index in [9.17, 15) is 9.59 Å². The van der Waals surface area contributed by atoms with Gasteiger partial charge in [-0.2, -0.15) is 0 Å². The predicted octanol–water partition coefficient (Wildman–Crippen LogP) is 1.18. The molecule has 0 radical (unpaired) electrons. The summed E-state index contributed by atoms with van der Waals surface area (Å²) in [7, 11) is 1.84. The number of carbonyl (C=O) groups is 2. The zero-order chi connectivity index (χ0) is 17.4. The fourth-order valence-electron chi connectivity index (χ4n) is 2.32. The minimum Gasteiger partial charge on any atom is -0.349 e. The lowest BCUT2D eigenvalue weighted by atomic mass is 9.99. The summed E-state index contributed by atoms with van der Waals surface area (Å²) >= 11 is 0. The number of hydrogen-bond donors (Lipinski definition) is 3. The van der Waals surface area contributed by atoms with Crippen molar-refractivity contribution in [3.05, 3.63) is 29.8 Å². The van der Waals surface area contributed by atoms with Gasteiger partial charge in [-0.3, -0.25) is 9.59 Å². The lowest BCUT2D eigenvalue weighted by Crippen LogP contribution is -3.11. The monoisotopic (exact) mass is 320 g/mol. The first-order valence-electron chi connectivity index (χ1n) is 8.32. The van der Waals surface area contributed by atoms with E-state index in [0.717, 1.165) is 17.0 Å². The quantitative estimate of drug-likeness (QED) is 0.673. The van der Waals surface area contributed by atoms with Crippen LogP contribution in [0.1, 0.15) is 45.6 Å². The van der Waals surface area contributed by atoms with Gasteiger partial charge in [0.15, 0.2) is 13.1 Å². The SMILES string of the molecule is CC[C@@H](C)c1ccc(NC(=O)C[NH+](C)CC(=O)NC(C)C)cc1. The standard InChI is InChI=1S/C18H29N3O2/c1-6-14(4)15-7-9-16(10-8-15)20-18(23)12-21(5)11-17(22)19-13(2)3/h7-10,13-14H,6,11-12H2,1-5H3,(H,19,22)(H,20,23)/p+1/t14-/m1/s1. The zero-order valence-electron chi connectivity index (χ0n) is 14.9. The van der Waals surface area contributed by atoms with Crippen molar-refractivity contribution >= 4 is 17.5 Å². The molecule has 5 nitrogen and oxygen atoms in total. The molecular weight excluding hydrogens is 290 g/mol. The highest BCUT2D eigenvalue weighted by atomic mass is 16.2. The summed E-state index contributed by atoms with van der Waals surface area (Å²) in [5.74, 6) is 0.397. The fourth-order valence-corrected chi connectivity index (χ4v) is 2.32. The lowest BCUT2D eigenvalue weighted by molar-refractivity contribution is -0.862. The van der Waals surface area contributed by atoms with E-state index < -0.39 is 0 Å². The second-order valence-corrected chi connectivity index (χ2v) is 6.51. The van der Waals surface area contributed by atoms with Crippen LogP contribution in [0.25, 0.3) is 0 Å². The topological polar surface area (TPSA) is 62.6 Å². The van der Waals surface area contributed by atoms with Gasteiger partial charge in [0, 0.05) is 11.7 Å². The molecule has 0 saturated heterocycles. The molecule has 5 heteroatoms. The van der Waals surface area contributed by atoms with Gasteiger partial charge in [0.05, 0.1) is 7.05 Å². The second kappa shape index (κ2) is 9.30. The lowest BCUT2D eigenvalue weighted by Gasteiger charge is -2.15. The highest BCUT2D eigenvalue weighted by Gasteiger charge is 2.14. The van der Waals surface area contributed by atoms with Crippen molar-refractivity contribution in [2.45, 2.75) is 46.1 Å². The second-order valence-electron chi connectivity index (χ2n) is 6.51. The smallest absolute Gasteiger partial charge is 0.279 e. The fraction of sp³-hybridized carbons (Fsp3) is 0.556. The van der Waals surface area contributed by atoms with Crippen LogP contribution in [-0.4, -0.2) is 38.0 Å². The van der Waals surface area contributed by atoms with Crippen molar-refractivity contribution in [2.75, 3.05) is 25.5 Å². The van der Waals surface area contributed by atoms with Crippen LogP contribution in [-0.2, 0) is 9.59 Å². The average Bonchev–Trinajstić information content (AvgIpc) is 2.45. The first-order valence-corrected chi connectivity index (χ1v) is 8.32. The van der Waals surface area contributed by atoms with Crippen molar-refractivity contribution in [2.24, 2.45) is 0 Å². The van der Waals surface area contributed by atoms with Crippen LogP contribution in [0.3, 0.4) is 0 Å². The third kappa shape index (κ3) is 7.28. The maximum Gasteiger partial charge on any atom is 0.279 e. The Morgan fingerprint density at radius 1 is 1.04 bits per heavy atom. The van der Waals surface area contributed by atoms with Crippen LogP contribution in [0.4, 0.5) is 5.69 Å². The largest absolute Gasteiger partial charge is 0.349 e. The van der Waals surface area contributed by atoms with Gasteiger partial charge in [-0.05, 0) is 43.9 Å². The average molecular weight is 320 g/mol.